The second-order valence-corrected chi connectivity index (χ2v) is 10.9. The summed E-state index contributed by atoms with van der Waals surface area (Å²) in [6.45, 7) is 1.21. The molecule has 1 N–H and O–H groups in total. The molecule has 3 saturated heterocycles. The topological polar surface area (TPSA) is 105 Å². The van der Waals surface area contributed by atoms with Crippen molar-refractivity contribution in [1.29, 1.82) is 0 Å². The molecule has 4 heterocycles. The fraction of sp³-hybridized carbons (Fsp3) is 0.722. The Morgan fingerprint density at radius 3 is 2.39 bits per heavy atom. The van der Waals surface area contributed by atoms with Crippen molar-refractivity contribution in [3.05, 3.63) is 18.1 Å². The average Bonchev–Trinajstić information content (AvgIpc) is 3.36. The molecule has 0 unspecified atom stereocenters. The minimum Gasteiger partial charge on any atom is -0.476 e. The van der Waals surface area contributed by atoms with Crippen molar-refractivity contribution in [3.8, 4) is 5.88 Å². The molecule has 0 radical (unpaired) electrons. The fourth-order valence-electron chi connectivity index (χ4n) is 4.31. The molecule has 31 heavy (non-hydrogen) atoms. The molecule has 1 saturated carbocycles. The van der Waals surface area contributed by atoms with E-state index in [1.165, 1.54) is 12.4 Å². The lowest BCUT2D eigenvalue weighted by atomic mass is 9.88. The maximum atomic E-state index is 12.9. The second-order valence-electron chi connectivity index (χ2n) is 9.04. The Bertz CT molecular complexity index is 984. The summed E-state index contributed by atoms with van der Waals surface area (Å²) in [5.74, 6) is 0.142. The summed E-state index contributed by atoms with van der Waals surface area (Å²) in [6, 6.07) is -0.136. The number of halogens is 3. The molecule has 13 heteroatoms. The number of nitrogens with one attached hydrogen (secondary N) is 1. The van der Waals surface area contributed by atoms with Crippen LogP contribution in [0.1, 0.15) is 30.9 Å². The Hall–Kier alpha value is -2.15. The quantitative estimate of drug-likeness (QED) is 0.720. The maximum absolute atomic E-state index is 12.9. The lowest BCUT2D eigenvalue weighted by Gasteiger charge is -2.51. The number of amides is 2. The van der Waals surface area contributed by atoms with E-state index in [0.717, 1.165) is 0 Å². The number of sulfonamides is 1. The Morgan fingerprint density at radius 1 is 1.16 bits per heavy atom. The molecule has 1 aromatic rings. The van der Waals surface area contributed by atoms with E-state index in [1.807, 2.05) is 0 Å². The van der Waals surface area contributed by atoms with Gasteiger partial charge in [-0.05, 0) is 19.3 Å². The number of nitrogens with zero attached hydrogens (tertiary/aromatic N) is 4. The highest BCUT2D eigenvalue weighted by atomic mass is 32.2. The number of aromatic nitrogens is 2. The van der Waals surface area contributed by atoms with E-state index < -0.39 is 33.8 Å². The minimum absolute atomic E-state index is 0.00401. The number of ether oxygens (including phenoxy) is 1. The van der Waals surface area contributed by atoms with Gasteiger partial charge in [-0.1, -0.05) is 0 Å². The second kappa shape index (κ2) is 6.67. The van der Waals surface area contributed by atoms with Crippen LogP contribution in [0, 0.1) is 5.41 Å². The predicted octanol–water partition coefficient (Wildman–Crippen LogP) is 1.09. The number of rotatable bonds is 4. The molecule has 1 aromatic heterocycles. The van der Waals surface area contributed by atoms with Crippen LogP contribution in [-0.4, -0.2) is 84.5 Å². The van der Waals surface area contributed by atoms with Crippen molar-refractivity contribution in [2.45, 2.75) is 36.9 Å². The first kappa shape index (κ1) is 20.7. The van der Waals surface area contributed by atoms with Crippen molar-refractivity contribution in [3.63, 3.8) is 0 Å². The van der Waals surface area contributed by atoms with Crippen LogP contribution in [0.5, 0.6) is 5.88 Å². The van der Waals surface area contributed by atoms with Gasteiger partial charge in [0, 0.05) is 32.1 Å². The molecule has 0 atom stereocenters. The van der Waals surface area contributed by atoms with Crippen molar-refractivity contribution in [1.82, 2.24) is 24.5 Å². The number of likely N-dealkylation sites (tertiary alicyclic amines) is 2. The molecule has 9 nitrogen and oxygen atoms in total. The third-order valence-corrected chi connectivity index (χ3v) is 8.13. The summed E-state index contributed by atoms with van der Waals surface area (Å²) in [4.78, 5) is 24.1. The van der Waals surface area contributed by atoms with Crippen LogP contribution in [0.3, 0.4) is 0 Å². The summed E-state index contributed by atoms with van der Waals surface area (Å²) in [7, 11) is -3.22. The van der Waals surface area contributed by atoms with Gasteiger partial charge < -0.3 is 14.5 Å². The zero-order valence-corrected chi connectivity index (χ0v) is 17.4. The van der Waals surface area contributed by atoms with Gasteiger partial charge in [-0.2, -0.15) is 13.2 Å². The zero-order valence-electron chi connectivity index (χ0n) is 16.6. The first-order valence-electron chi connectivity index (χ1n) is 10.1. The van der Waals surface area contributed by atoms with Crippen LogP contribution in [-0.2, 0) is 10.0 Å². The summed E-state index contributed by atoms with van der Waals surface area (Å²) >= 11 is 0. The molecular weight excluding hydrogens is 439 g/mol. The van der Waals surface area contributed by atoms with Gasteiger partial charge in [0.2, 0.25) is 15.9 Å². The van der Waals surface area contributed by atoms with E-state index in [0.29, 0.717) is 38.3 Å². The fourth-order valence-corrected chi connectivity index (χ4v) is 5.96. The highest BCUT2D eigenvalue weighted by molar-refractivity contribution is 7.89. The third kappa shape index (κ3) is 3.71. The molecule has 170 valence electrons. The van der Waals surface area contributed by atoms with Gasteiger partial charge in [-0.25, -0.2) is 22.9 Å². The van der Waals surface area contributed by atoms with Crippen molar-refractivity contribution < 1.29 is 31.1 Å². The van der Waals surface area contributed by atoms with Gasteiger partial charge in [-0.3, -0.25) is 4.98 Å². The molecule has 4 aliphatic rings. The van der Waals surface area contributed by atoms with Crippen LogP contribution in [0.15, 0.2) is 12.4 Å². The van der Waals surface area contributed by atoms with E-state index in [4.69, 9.17) is 4.74 Å². The number of carbonyl (C=O) groups is 1. The van der Waals surface area contributed by atoms with Crippen molar-refractivity contribution >= 4 is 16.1 Å². The smallest absolute Gasteiger partial charge is 0.397 e. The average molecular weight is 461 g/mol. The molecule has 0 aromatic carbocycles. The standard InChI is InChI=1S/C18H22F3N5O4S/c19-18(20,21)16(1-2-16)11-30-14-6-22-13(5-23-14)12-7-25(8-12)15(27)26-9-17(10-26)3-4-31(28,29)24-17/h5-6,12,24H,1-4,7-11H2. The molecule has 1 aliphatic carbocycles. The van der Waals surface area contributed by atoms with Crippen molar-refractivity contribution in [2.75, 3.05) is 38.5 Å². The largest absolute Gasteiger partial charge is 0.476 e. The van der Waals surface area contributed by atoms with Gasteiger partial charge >= 0.3 is 12.2 Å². The van der Waals surface area contributed by atoms with E-state index in [2.05, 4.69) is 14.7 Å². The molecular formula is C18H22F3N5O4S. The molecule has 4 fully saturated rings. The molecule has 5 rings (SSSR count). The molecule has 2 amide bonds. The van der Waals surface area contributed by atoms with E-state index in [-0.39, 0.29) is 36.4 Å². The van der Waals surface area contributed by atoms with Gasteiger partial charge in [-0.15, -0.1) is 0 Å². The Labute approximate surface area is 177 Å². The van der Waals surface area contributed by atoms with E-state index in [9.17, 15) is 26.4 Å². The van der Waals surface area contributed by atoms with Crippen LogP contribution >= 0.6 is 0 Å². The monoisotopic (exact) mass is 461 g/mol. The van der Waals surface area contributed by atoms with Crippen LogP contribution < -0.4 is 9.46 Å². The third-order valence-electron chi connectivity index (χ3n) is 6.65. The first-order chi connectivity index (χ1) is 14.5. The normalized spacial score (nSPS) is 25.8. The van der Waals surface area contributed by atoms with Gasteiger partial charge in [0.05, 0.1) is 29.4 Å². The van der Waals surface area contributed by atoms with Gasteiger partial charge in [0.25, 0.3) is 0 Å². The van der Waals surface area contributed by atoms with Gasteiger partial charge in [0.1, 0.15) is 12.0 Å². The summed E-state index contributed by atoms with van der Waals surface area (Å²) in [6.07, 6.45) is -0.842. The Kier molecular flexibility index (Phi) is 4.46. The lowest BCUT2D eigenvalue weighted by Crippen LogP contribution is -2.71. The summed E-state index contributed by atoms with van der Waals surface area (Å²) in [5, 5.41) is 0. The highest BCUT2D eigenvalue weighted by Crippen LogP contribution is 2.57. The molecule has 3 aliphatic heterocycles. The number of alkyl halides is 3. The number of hydrogen-bond acceptors (Lipinski definition) is 6. The molecule has 0 bridgehead atoms. The van der Waals surface area contributed by atoms with E-state index >= 15 is 0 Å². The zero-order chi connectivity index (χ0) is 22.1. The maximum Gasteiger partial charge on any atom is 0.397 e. The number of urea groups is 1. The van der Waals surface area contributed by atoms with Gasteiger partial charge in [0.15, 0.2) is 0 Å². The number of carbonyl (C=O) groups excluding carboxylic acids is 1. The first-order valence-corrected chi connectivity index (χ1v) is 11.7. The Balaban J connectivity index is 1.09. The van der Waals surface area contributed by atoms with Crippen molar-refractivity contribution in [2.24, 2.45) is 5.41 Å². The minimum atomic E-state index is -4.28. The van der Waals surface area contributed by atoms with E-state index in [1.54, 1.807) is 9.80 Å². The predicted molar refractivity (Wildman–Crippen MR) is 101 cm³/mol. The summed E-state index contributed by atoms with van der Waals surface area (Å²) in [5.41, 5.74) is -1.61. The van der Waals surface area contributed by atoms with Crippen LogP contribution in [0.25, 0.3) is 0 Å². The SMILES string of the molecule is O=C(N1CC(c2cnc(OCC3(C(F)(F)F)CC3)cn2)C1)N1CC2(CCS(=O)(=O)N2)C1. The molecule has 1 spiro atoms. The van der Waals surface area contributed by atoms with Crippen LogP contribution in [0.4, 0.5) is 18.0 Å². The number of hydrogen-bond donors (Lipinski definition) is 1. The lowest BCUT2D eigenvalue weighted by molar-refractivity contribution is -0.194. The summed E-state index contributed by atoms with van der Waals surface area (Å²) < 4.78 is 69.9. The van der Waals surface area contributed by atoms with Crippen LogP contribution in [0.2, 0.25) is 0 Å². The Morgan fingerprint density at radius 2 is 1.87 bits per heavy atom. The highest BCUT2D eigenvalue weighted by Gasteiger charge is 2.64.